The van der Waals surface area contributed by atoms with Crippen molar-refractivity contribution in [2.45, 2.75) is 12.3 Å². The molecular formula is C7H8N2OS. The van der Waals surface area contributed by atoms with Crippen LogP contribution in [0.1, 0.15) is 6.92 Å². The third-order valence-electron chi connectivity index (χ3n) is 1.74. The van der Waals surface area contributed by atoms with Crippen molar-refractivity contribution in [2.75, 3.05) is 0 Å². The number of carbonyl (C=O) groups is 1. The predicted molar refractivity (Wildman–Crippen MR) is 45.3 cm³/mol. The number of carbonyl (C=O) groups excluding carboxylic acids is 1. The van der Waals surface area contributed by atoms with Gasteiger partial charge in [-0.3, -0.25) is 9.79 Å². The lowest BCUT2D eigenvalue weighted by Crippen LogP contribution is -2.41. The molecule has 2 aliphatic heterocycles. The second-order valence-corrected chi connectivity index (χ2v) is 3.61. The summed E-state index contributed by atoms with van der Waals surface area (Å²) in [4.78, 5) is 15.5. The number of fused-ring (bicyclic) bond motifs is 1. The Morgan fingerprint density at radius 3 is 3.36 bits per heavy atom. The summed E-state index contributed by atoms with van der Waals surface area (Å²) in [5, 5.41) is 4.74. The molecule has 11 heavy (non-hydrogen) atoms. The van der Waals surface area contributed by atoms with Gasteiger partial charge in [0.25, 0.3) is 0 Å². The normalized spacial score (nSPS) is 34.6. The molecule has 2 atom stereocenters. The van der Waals surface area contributed by atoms with Crippen LogP contribution >= 0.6 is 11.8 Å². The van der Waals surface area contributed by atoms with Gasteiger partial charge in [0.1, 0.15) is 11.2 Å². The Labute approximate surface area is 69.0 Å². The molecule has 0 aliphatic carbocycles. The van der Waals surface area contributed by atoms with Gasteiger partial charge < -0.3 is 5.32 Å². The molecule has 3 nitrogen and oxygen atoms in total. The molecule has 0 saturated heterocycles. The zero-order chi connectivity index (χ0) is 7.84. The van der Waals surface area contributed by atoms with Crippen LogP contribution in [0.3, 0.4) is 0 Å². The standard InChI is InChI=1S/C7H8N2OS/c1-4-8-6(10)5-2-3-11-7(5)9-4/h2-3,5,7H,1H3,(H,8,9,10). The second-order valence-electron chi connectivity index (χ2n) is 2.58. The lowest BCUT2D eigenvalue weighted by molar-refractivity contribution is -0.122. The van der Waals surface area contributed by atoms with Crippen molar-refractivity contribution in [1.82, 2.24) is 5.32 Å². The quantitative estimate of drug-likeness (QED) is 0.579. The first kappa shape index (κ1) is 6.91. The van der Waals surface area contributed by atoms with Gasteiger partial charge in [-0.05, 0) is 12.3 Å². The van der Waals surface area contributed by atoms with Crippen LogP contribution < -0.4 is 5.32 Å². The summed E-state index contributed by atoms with van der Waals surface area (Å²) in [6.07, 6.45) is 1.90. The maximum absolute atomic E-state index is 11.2. The van der Waals surface area contributed by atoms with E-state index in [0.717, 1.165) is 5.84 Å². The van der Waals surface area contributed by atoms with Gasteiger partial charge in [-0.2, -0.15) is 0 Å². The van der Waals surface area contributed by atoms with Crippen LogP contribution in [0.4, 0.5) is 0 Å². The highest BCUT2D eigenvalue weighted by molar-refractivity contribution is 8.03. The van der Waals surface area contributed by atoms with Crippen LogP contribution in [0.5, 0.6) is 0 Å². The van der Waals surface area contributed by atoms with Gasteiger partial charge >= 0.3 is 0 Å². The molecule has 2 rings (SSSR count). The Morgan fingerprint density at radius 2 is 2.55 bits per heavy atom. The first-order valence-electron chi connectivity index (χ1n) is 3.45. The van der Waals surface area contributed by atoms with Crippen LogP contribution in [0, 0.1) is 5.92 Å². The molecule has 0 spiro atoms. The monoisotopic (exact) mass is 168 g/mol. The van der Waals surface area contributed by atoms with Crippen LogP contribution in [0.2, 0.25) is 0 Å². The minimum Gasteiger partial charge on any atom is -0.314 e. The summed E-state index contributed by atoms with van der Waals surface area (Å²) >= 11 is 1.60. The third-order valence-corrected chi connectivity index (χ3v) is 2.73. The van der Waals surface area contributed by atoms with E-state index in [2.05, 4.69) is 10.3 Å². The molecule has 0 aromatic rings. The van der Waals surface area contributed by atoms with E-state index < -0.39 is 0 Å². The molecule has 4 heteroatoms. The molecule has 0 bridgehead atoms. The summed E-state index contributed by atoms with van der Waals surface area (Å²) in [7, 11) is 0. The number of nitrogens with zero attached hydrogens (tertiary/aromatic N) is 1. The van der Waals surface area contributed by atoms with E-state index in [4.69, 9.17) is 0 Å². The molecule has 0 aromatic heterocycles. The van der Waals surface area contributed by atoms with Gasteiger partial charge in [-0.15, -0.1) is 11.8 Å². The van der Waals surface area contributed by atoms with Crippen LogP contribution in [0.15, 0.2) is 16.5 Å². The van der Waals surface area contributed by atoms with Gasteiger partial charge in [-0.25, -0.2) is 0 Å². The number of rotatable bonds is 0. The lowest BCUT2D eigenvalue weighted by Gasteiger charge is -2.20. The topological polar surface area (TPSA) is 41.5 Å². The van der Waals surface area contributed by atoms with Crippen LogP contribution in [-0.4, -0.2) is 17.1 Å². The zero-order valence-corrected chi connectivity index (χ0v) is 6.89. The first-order chi connectivity index (χ1) is 5.27. The van der Waals surface area contributed by atoms with Crippen LogP contribution in [0.25, 0.3) is 0 Å². The summed E-state index contributed by atoms with van der Waals surface area (Å²) in [5.74, 6) is 0.764. The largest absolute Gasteiger partial charge is 0.314 e. The number of hydrogen-bond donors (Lipinski definition) is 1. The smallest absolute Gasteiger partial charge is 0.235 e. The summed E-state index contributed by atoms with van der Waals surface area (Å²) in [5.41, 5.74) is 0. The molecule has 0 radical (unpaired) electrons. The first-order valence-corrected chi connectivity index (χ1v) is 4.39. The lowest BCUT2D eigenvalue weighted by atomic mass is 10.1. The summed E-state index contributed by atoms with van der Waals surface area (Å²) in [6, 6.07) is 0. The van der Waals surface area contributed by atoms with E-state index in [9.17, 15) is 4.79 Å². The fourth-order valence-electron chi connectivity index (χ4n) is 1.20. The zero-order valence-electron chi connectivity index (χ0n) is 6.07. The Kier molecular flexibility index (Phi) is 1.49. The Bertz CT molecular complexity index is 259. The van der Waals surface area contributed by atoms with Crippen molar-refractivity contribution in [3.05, 3.63) is 11.5 Å². The minimum atomic E-state index is -0.0382. The molecular weight excluding hydrogens is 160 g/mol. The average Bonchev–Trinajstić information content (AvgIpc) is 2.34. The third kappa shape index (κ3) is 1.07. The maximum Gasteiger partial charge on any atom is 0.235 e. The van der Waals surface area contributed by atoms with E-state index >= 15 is 0 Å². The Balaban J connectivity index is 2.30. The highest BCUT2D eigenvalue weighted by atomic mass is 32.2. The average molecular weight is 168 g/mol. The molecule has 2 aliphatic rings. The SMILES string of the molecule is CC1=NC2SC=CC2C(=O)N1. The number of hydrogen-bond acceptors (Lipinski definition) is 3. The highest BCUT2D eigenvalue weighted by Gasteiger charge is 2.32. The van der Waals surface area contributed by atoms with Gasteiger partial charge in [0, 0.05) is 0 Å². The molecule has 1 N–H and O–H groups in total. The minimum absolute atomic E-state index is 0.0382. The number of nitrogens with one attached hydrogen (secondary N) is 1. The second kappa shape index (κ2) is 2.37. The number of thioether (sulfide) groups is 1. The fraction of sp³-hybridized carbons (Fsp3) is 0.429. The van der Waals surface area contributed by atoms with E-state index in [1.54, 1.807) is 11.8 Å². The fourth-order valence-corrected chi connectivity index (χ4v) is 2.23. The highest BCUT2D eigenvalue weighted by Crippen LogP contribution is 2.32. The molecule has 58 valence electrons. The van der Waals surface area contributed by atoms with Crippen molar-refractivity contribution < 1.29 is 4.79 Å². The van der Waals surface area contributed by atoms with E-state index in [1.807, 2.05) is 18.4 Å². The summed E-state index contributed by atoms with van der Waals surface area (Å²) < 4.78 is 0. The van der Waals surface area contributed by atoms with Crippen molar-refractivity contribution in [2.24, 2.45) is 10.9 Å². The summed E-state index contributed by atoms with van der Waals surface area (Å²) in [6.45, 7) is 1.81. The van der Waals surface area contributed by atoms with Crippen molar-refractivity contribution in [3.63, 3.8) is 0 Å². The molecule has 2 heterocycles. The maximum atomic E-state index is 11.2. The molecule has 1 amide bonds. The van der Waals surface area contributed by atoms with Gasteiger partial charge in [0.05, 0.1) is 5.92 Å². The molecule has 2 unspecified atom stereocenters. The van der Waals surface area contributed by atoms with Gasteiger partial charge in [0.15, 0.2) is 0 Å². The van der Waals surface area contributed by atoms with E-state index in [1.165, 1.54) is 0 Å². The Morgan fingerprint density at radius 1 is 1.73 bits per heavy atom. The van der Waals surface area contributed by atoms with Crippen molar-refractivity contribution in [1.29, 1.82) is 0 Å². The molecule has 0 fully saturated rings. The molecule has 0 saturated carbocycles. The Hall–Kier alpha value is -0.770. The van der Waals surface area contributed by atoms with E-state index in [-0.39, 0.29) is 17.2 Å². The number of aliphatic imine (C=N–C) groups is 1. The van der Waals surface area contributed by atoms with Crippen molar-refractivity contribution in [3.8, 4) is 0 Å². The predicted octanol–water partition coefficient (Wildman–Crippen LogP) is 0.737. The number of amidine groups is 1. The number of amides is 1. The van der Waals surface area contributed by atoms with E-state index in [0.29, 0.717) is 0 Å². The van der Waals surface area contributed by atoms with Gasteiger partial charge in [-0.1, -0.05) is 6.08 Å². The van der Waals surface area contributed by atoms with Crippen molar-refractivity contribution >= 4 is 23.5 Å². The molecule has 0 aromatic carbocycles. The van der Waals surface area contributed by atoms with Crippen LogP contribution in [-0.2, 0) is 4.79 Å². The van der Waals surface area contributed by atoms with Gasteiger partial charge in [0.2, 0.25) is 5.91 Å².